The van der Waals surface area contributed by atoms with Crippen molar-refractivity contribution in [3.63, 3.8) is 0 Å². The smallest absolute Gasteiger partial charge is 0.206 e. The number of benzene rings is 1. The second-order valence-corrected chi connectivity index (χ2v) is 7.82. The third kappa shape index (κ3) is 3.29. The van der Waals surface area contributed by atoms with Crippen molar-refractivity contribution in [1.82, 2.24) is 4.31 Å². The standard InChI is InChI=1S/C15H19NO2S2/c1-3-14-10-11-15(19-14)20(17,18)16(4-2)12-13-8-6-5-7-9-13/h5-11H,3-4,12H2,1-2H3. The summed E-state index contributed by atoms with van der Waals surface area (Å²) in [5.41, 5.74) is 1.00. The van der Waals surface area contributed by atoms with Crippen LogP contribution >= 0.6 is 11.3 Å². The number of sulfonamides is 1. The molecule has 0 atom stereocenters. The Morgan fingerprint density at radius 2 is 1.75 bits per heavy atom. The van der Waals surface area contributed by atoms with Crippen LogP contribution in [-0.2, 0) is 23.0 Å². The van der Waals surface area contributed by atoms with Crippen LogP contribution in [0.4, 0.5) is 0 Å². The predicted molar refractivity (Wildman–Crippen MR) is 83.4 cm³/mol. The molecule has 0 amide bonds. The lowest BCUT2D eigenvalue weighted by Crippen LogP contribution is -2.29. The Kier molecular flexibility index (Phi) is 4.96. The Hall–Kier alpha value is -1.17. The fourth-order valence-corrected chi connectivity index (χ4v) is 4.85. The minimum Gasteiger partial charge on any atom is -0.206 e. The van der Waals surface area contributed by atoms with Crippen molar-refractivity contribution in [2.24, 2.45) is 0 Å². The van der Waals surface area contributed by atoms with Gasteiger partial charge in [-0.1, -0.05) is 44.2 Å². The van der Waals surface area contributed by atoms with Crippen molar-refractivity contribution in [3.8, 4) is 0 Å². The van der Waals surface area contributed by atoms with Crippen LogP contribution in [-0.4, -0.2) is 19.3 Å². The Bertz CT molecular complexity index is 648. The molecule has 0 unspecified atom stereocenters. The van der Waals surface area contributed by atoms with Crippen LogP contribution in [0.1, 0.15) is 24.3 Å². The lowest BCUT2D eigenvalue weighted by molar-refractivity contribution is 0.425. The number of nitrogens with zero attached hydrogens (tertiary/aromatic N) is 1. The van der Waals surface area contributed by atoms with E-state index in [1.807, 2.05) is 50.2 Å². The van der Waals surface area contributed by atoms with Gasteiger partial charge in [-0.2, -0.15) is 4.31 Å². The van der Waals surface area contributed by atoms with Crippen molar-refractivity contribution in [2.75, 3.05) is 6.54 Å². The van der Waals surface area contributed by atoms with E-state index in [0.717, 1.165) is 16.9 Å². The van der Waals surface area contributed by atoms with Crippen LogP contribution in [0.5, 0.6) is 0 Å². The maximum Gasteiger partial charge on any atom is 0.252 e. The van der Waals surface area contributed by atoms with Gasteiger partial charge in [-0.05, 0) is 24.1 Å². The molecule has 108 valence electrons. The maximum absolute atomic E-state index is 12.6. The summed E-state index contributed by atoms with van der Waals surface area (Å²) in [7, 11) is -3.39. The van der Waals surface area contributed by atoms with E-state index in [1.165, 1.54) is 15.6 Å². The van der Waals surface area contributed by atoms with Crippen LogP contribution in [0, 0.1) is 0 Å². The van der Waals surface area contributed by atoms with Crippen LogP contribution in [0.15, 0.2) is 46.7 Å². The van der Waals surface area contributed by atoms with Crippen LogP contribution in [0.25, 0.3) is 0 Å². The molecular weight excluding hydrogens is 290 g/mol. The highest BCUT2D eigenvalue weighted by molar-refractivity contribution is 7.91. The van der Waals surface area contributed by atoms with Gasteiger partial charge in [0.25, 0.3) is 10.0 Å². The number of hydrogen-bond acceptors (Lipinski definition) is 3. The molecule has 0 N–H and O–H groups in total. The molecule has 0 aliphatic rings. The average Bonchev–Trinajstić information content (AvgIpc) is 2.95. The zero-order valence-electron chi connectivity index (χ0n) is 11.7. The van der Waals surface area contributed by atoms with Crippen LogP contribution < -0.4 is 0 Å². The van der Waals surface area contributed by atoms with E-state index in [-0.39, 0.29) is 0 Å². The third-order valence-corrected chi connectivity index (χ3v) is 6.75. The summed E-state index contributed by atoms with van der Waals surface area (Å²) in [6, 6.07) is 13.3. The summed E-state index contributed by atoms with van der Waals surface area (Å²) >= 11 is 1.36. The van der Waals surface area contributed by atoms with Crippen molar-refractivity contribution in [2.45, 2.75) is 31.0 Å². The fraction of sp³-hybridized carbons (Fsp3) is 0.333. The SMILES string of the molecule is CCc1ccc(S(=O)(=O)N(CC)Cc2ccccc2)s1. The summed E-state index contributed by atoms with van der Waals surface area (Å²) in [5, 5.41) is 0. The Balaban J connectivity index is 2.25. The van der Waals surface area contributed by atoms with Gasteiger partial charge >= 0.3 is 0 Å². The van der Waals surface area contributed by atoms with Gasteiger partial charge in [0.15, 0.2) is 0 Å². The first-order valence-electron chi connectivity index (χ1n) is 6.70. The molecule has 0 saturated carbocycles. The largest absolute Gasteiger partial charge is 0.252 e. The number of thiophene rings is 1. The van der Waals surface area contributed by atoms with Gasteiger partial charge in [-0.25, -0.2) is 8.42 Å². The highest BCUT2D eigenvalue weighted by atomic mass is 32.2. The maximum atomic E-state index is 12.6. The molecule has 20 heavy (non-hydrogen) atoms. The highest BCUT2D eigenvalue weighted by Crippen LogP contribution is 2.26. The van der Waals surface area contributed by atoms with Crippen LogP contribution in [0.3, 0.4) is 0 Å². The van der Waals surface area contributed by atoms with Gasteiger partial charge in [0.05, 0.1) is 0 Å². The molecule has 2 aromatic rings. The molecule has 1 heterocycles. The van der Waals surface area contributed by atoms with Crippen molar-refractivity contribution < 1.29 is 8.42 Å². The first-order valence-corrected chi connectivity index (χ1v) is 8.96. The molecule has 1 aromatic carbocycles. The molecule has 0 radical (unpaired) electrons. The molecule has 3 nitrogen and oxygen atoms in total. The van der Waals surface area contributed by atoms with Gasteiger partial charge in [0.1, 0.15) is 4.21 Å². The van der Waals surface area contributed by atoms with Crippen molar-refractivity contribution >= 4 is 21.4 Å². The van der Waals surface area contributed by atoms with E-state index >= 15 is 0 Å². The number of hydrogen-bond donors (Lipinski definition) is 0. The summed E-state index contributed by atoms with van der Waals surface area (Å²) in [6.45, 7) is 4.79. The van der Waals surface area contributed by atoms with Gasteiger partial charge < -0.3 is 0 Å². The van der Waals surface area contributed by atoms with E-state index in [2.05, 4.69) is 0 Å². The molecule has 0 aliphatic carbocycles. The molecule has 5 heteroatoms. The molecule has 0 bridgehead atoms. The number of aryl methyl sites for hydroxylation is 1. The Morgan fingerprint density at radius 3 is 2.30 bits per heavy atom. The zero-order valence-corrected chi connectivity index (χ0v) is 13.4. The lowest BCUT2D eigenvalue weighted by Gasteiger charge is -2.19. The molecule has 0 saturated heterocycles. The molecule has 1 aromatic heterocycles. The number of rotatable bonds is 6. The Labute approximate surface area is 124 Å². The van der Waals surface area contributed by atoms with E-state index in [1.54, 1.807) is 6.07 Å². The van der Waals surface area contributed by atoms with Gasteiger partial charge in [-0.15, -0.1) is 11.3 Å². The second-order valence-electron chi connectivity index (χ2n) is 4.49. The molecule has 2 rings (SSSR count). The van der Waals surface area contributed by atoms with Crippen molar-refractivity contribution in [1.29, 1.82) is 0 Å². The third-order valence-electron chi connectivity index (χ3n) is 3.13. The van der Waals surface area contributed by atoms with Gasteiger partial charge in [0.2, 0.25) is 0 Å². The van der Waals surface area contributed by atoms with E-state index < -0.39 is 10.0 Å². The quantitative estimate of drug-likeness (QED) is 0.818. The van der Waals surface area contributed by atoms with E-state index in [9.17, 15) is 8.42 Å². The predicted octanol–water partition coefficient (Wildman–Crippen LogP) is 3.52. The lowest BCUT2D eigenvalue weighted by atomic mass is 10.2. The van der Waals surface area contributed by atoms with E-state index in [4.69, 9.17) is 0 Å². The first kappa shape index (κ1) is 15.2. The summed E-state index contributed by atoms with van der Waals surface area (Å²) in [5.74, 6) is 0. The topological polar surface area (TPSA) is 37.4 Å². The summed E-state index contributed by atoms with van der Waals surface area (Å²) in [4.78, 5) is 1.10. The summed E-state index contributed by atoms with van der Waals surface area (Å²) in [6.07, 6.45) is 0.866. The van der Waals surface area contributed by atoms with Crippen molar-refractivity contribution in [3.05, 3.63) is 52.9 Å². The molecule has 0 spiro atoms. The Morgan fingerprint density at radius 1 is 1.05 bits per heavy atom. The second kappa shape index (κ2) is 6.52. The monoisotopic (exact) mass is 309 g/mol. The minimum atomic E-state index is -3.39. The summed E-state index contributed by atoms with van der Waals surface area (Å²) < 4.78 is 27.2. The highest BCUT2D eigenvalue weighted by Gasteiger charge is 2.24. The normalized spacial score (nSPS) is 11.9. The zero-order chi connectivity index (χ0) is 14.6. The fourth-order valence-electron chi connectivity index (χ4n) is 1.97. The average molecular weight is 309 g/mol. The van der Waals surface area contributed by atoms with Gasteiger partial charge in [-0.3, -0.25) is 0 Å². The van der Waals surface area contributed by atoms with Crippen LogP contribution in [0.2, 0.25) is 0 Å². The van der Waals surface area contributed by atoms with Gasteiger partial charge in [0, 0.05) is 18.0 Å². The minimum absolute atomic E-state index is 0.416. The molecular formula is C15H19NO2S2. The van der Waals surface area contributed by atoms with E-state index in [0.29, 0.717) is 17.3 Å². The first-order chi connectivity index (χ1) is 9.57. The molecule has 0 aliphatic heterocycles. The molecule has 0 fully saturated rings.